The Morgan fingerprint density at radius 1 is 1.44 bits per heavy atom. The second-order valence-electron chi connectivity index (χ2n) is 3.05. The third-order valence-corrected chi connectivity index (χ3v) is 2.97. The first-order valence-corrected chi connectivity index (χ1v) is 6.04. The number of ether oxygens (including phenoxy) is 1. The highest BCUT2D eigenvalue weighted by Crippen LogP contribution is 2.30. The first-order chi connectivity index (χ1) is 7.41. The zero-order valence-electron chi connectivity index (χ0n) is 8.27. The van der Waals surface area contributed by atoms with E-state index in [1.807, 2.05) is 0 Å². The van der Waals surface area contributed by atoms with Gasteiger partial charge < -0.3 is 4.74 Å². The molecule has 2 nitrogen and oxygen atoms in total. The van der Waals surface area contributed by atoms with Gasteiger partial charge in [0.1, 0.15) is 18.2 Å². The van der Waals surface area contributed by atoms with E-state index in [1.165, 1.54) is 6.92 Å². The lowest BCUT2D eigenvalue weighted by Gasteiger charge is -2.12. The van der Waals surface area contributed by atoms with Crippen LogP contribution >= 0.6 is 31.9 Å². The first kappa shape index (κ1) is 13.6. The lowest BCUT2D eigenvalue weighted by atomic mass is 10.1. The van der Waals surface area contributed by atoms with Crippen LogP contribution in [0.4, 0.5) is 8.78 Å². The standard InChI is InChI=1S/C10H8Br2F2O2/c1-5(15)16-4-7(12)10-8(13)2-6(11)3-9(10)14/h2-3,7H,4H2,1H3/t7-/m0/s1. The minimum Gasteiger partial charge on any atom is -0.464 e. The van der Waals surface area contributed by atoms with Crippen molar-refractivity contribution in [3.63, 3.8) is 0 Å². The van der Waals surface area contributed by atoms with Crippen LogP contribution in [0.1, 0.15) is 17.3 Å². The van der Waals surface area contributed by atoms with Gasteiger partial charge in [0, 0.05) is 17.0 Å². The predicted octanol–water partition coefficient (Wildman–Crippen LogP) is 3.73. The summed E-state index contributed by atoms with van der Waals surface area (Å²) in [5.74, 6) is -1.89. The molecule has 6 heteroatoms. The molecule has 0 saturated carbocycles. The molecule has 0 amide bonds. The normalized spacial score (nSPS) is 12.3. The van der Waals surface area contributed by atoms with E-state index in [0.29, 0.717) is 4.47 Å². The molecule has 0 N–H and O–H groups in total. The molecule has 0 aromatic heterocycles. The molecule has 1 rings (SSSR count). The SMILES string of the molecule is CC(=O)OC[C@H](Br)c1c(F)cc(Br)cc1F. The lowest BCUT2D eigenvalue weighted by molar-refractivity contribution is -0.140. The van der Waals surface area contributed by atoms with Gasteiger partial charge in [-0.2, -0.15) is 0 Å². The summed E-state index contributed by atoms with van der Waals surface area (Å²) < 4.78 is 31.9. The Bertz CT molecular complexity index is 387. The molecule has 0 fully saturated rings. The van der Waals surface area contributed by atoms with Gasteiger partial charge in [-0.25, -0.2) is 8.78 Å². The fraction of sp³-hybridized carbons (Fsp3) is 0.300. The van der Waals surface area contributed by atoms with E-state index in [2.05, 4.69) is 36.6 Å². The number of halogens is 4. The van der Waals surface area contributed by atoms with Gasteiger partial charge in [0.15, 0.2) is 0 Å². The number of hydrogen-bond acceptors (Lipinski definition) is 2. The minimum absolute atomic E-state index is 0.120. The van der Waals surface area contributed by atoms with Crippen molar-refractivity contribution < 1.29 is 18.3 Å². The molecule has 1 atom stereocenters. The highest BCUT2D eigenvalue weighted by atomic mass is 79.9. The van der Waals surface area contributed by atoms with E-state index in [1.54, 1.807) is 0 Å². The lowest BCUT2D eigenvalue weighted by Crippen LogP contribution is -2.09. The van der Waals surface area contributed by atoms with Crippen LogP contribution in [0.5, 0.6) is 0 Å². The second kappa shape index (κ2) is 5.72. The van der Waals surface area contributed by atoms with Crippen LogP contribution in [0.25, 0.3) is 0 Å². The molecule has 0 aliphatic heterocycles. The molecular weight excluding hydrogens is 350 g/mol. The maximum atomic E-state index is 13.4. The number of carbonyl (C=O) groups excluding carboxylic acids is 1. The van der Waals surface area contributed by atoms with Crippen molar-refractivity contribution in [2.75, 3.05) is 6.61 Å². The molecule has 0 radical (unpaired) electrons. The number of carbonyl (C=O) groups is 1. The van der Waals surface area contributed by atoms with Gasteiger partial charge in [0.2, 0.25) is 0 Å². The fourth-order valence-corrected chi connectivity index (χ4v) is 2.10. The molecule has 0 aliphatic rings. The van der Waals surface area contributed by atoms with Crippen LogP contribution in [0.2, 0.25) is 0 Å². The highest BCUT2D eigenvalue weighted by molar-refractivity contribution is 9.10. The van der Waals surface area contributed by atoms with Crippen molar-refractivity contribution in [3.8, 4) is 0 Å². The molecule has 0 spiro atoms. The molecule has 0 saturated heterocycles. The Morgan fingerprint density at radius 3 is 2.38 bits per heavy atom. The molecule has 0 unspecified atom stereocenters. The van der Waals surface area contributed by atoms with Gasteiger partial charge in [-0.05, 0) is 12.1 Å². The van der Waals surface area contributed by atoms with Crippen LogP contribution in [0, 0.1) is 11.6 Å². The van der Waals surface area contributed by atoms with Crippen LogP contribution in [0.15, 0.2) is 16.6 Å². The molecule has 16 heavy (non-hydrogen) atoms. The highest BCUT2D eigenvalue weighted by Gasteiger charge is 2.19. The summed E-state index contributed by atoms with van der Waals surface area (Å²) in [5.41, 5.74) is -0.149. The third-order valence-electron chi connectivity index (χ3n) is 1.79. The van der Waals surface area contributed by atoms with Gasteiger partial charge in [-0.1, -0.05) is 31.9 Å². The number of alkyl halides is 1. The van der Waals surface area contributed by atoms with Crippen molar-refractivity contribution in [2.45, 2.75) is 11.8 Å². The van der Waals surface area contributed by atoms with Crippen LogP contribution in [-0.2, 0) is 9.53 Å². The molecule has 0 aliphatic carbocycles. The topological polar surface area (TPSA) is 26.3 Å². The van der Waals surface area contributed by atoms with Gasteiger partial charge >= 0.3 is 5.97 Å². The summed E-state index contributed by atoms with van der Waals surface area (Å²) in [6.45, 7) is 1.11. The Hall–Kier alpha value is -0.490. The van der Waals surface area contributed by atoms with Crippen LogP contribution in [0.3, 0.4) is 0 Å². The number of esters is 1. The van der Waals surface area contributed by atoms with E-state index < -0.39 is 22.4 Å². The molecule has 1 aromatic rings. The third kappa shape index (κ3) is 3.52. The van der Waals surface area contributed by atoms with Crippen LogP contribution < -0.4 is 0 Å². The van der Waals surface area contributed by atoms with Gasteiger partial charge in [-0.15, -0.1) is 0 Å². The van der Waals surface area contributed by atoms with E-state index in [-0.39, 0.29) is 12.2 Å². The Balaban J connectivity index is 2.90. The number of rotatable bonds is 3. The van der Waals surface area contributed by atoms with Crippen molar-refractivity contribution in [1.29, 1.82) is 0 Å². The van der Waals surface area contributed by atoms with Gasteiger partial charge in [-0.3, -0.25) is 4.79 Å². The Morgan fingerprint density at radius 2 is 1.94 bits per heavy atom. The van der Waals surface area contributed by atoms with E-state index in [4.69, 9.17) is 0 Å². The maximum absolute atomic E-state index is 13.4. The van der Waals surface area contributed by atoms with Crippen molar-refractivity contribution >= 4 is 37.8 Å². The molecule has 1 aromatic carbocycles. The quantitative estimate of drug-likeness (QED) is 0.608. The molecule has 0 bridgehead atoms. The maximum Gasteiger partial charge on any atom is 0.302 e. The van der Waals surface area contributed by atoms with Crippen molar-refractivity contribution in [1.82, 2.24) is 0 Å². The monoisotopic (exact) mass is 356 g/mol. The fourth-order valence-electron chi connectivity index (χ4n) is 1.13. The summed E-state index contributed by atoms with van der Waals surface area (Å²) in [6, 6.07) is 2.31. The predicted molar refractivity (Wildman–Crippen MR) is 62.4 cm³/mol. The van der Waals surface area contributed by atoms with E-state index >= 15 is 0 Å². The first-order valence-electron chi connectivity index (χ1n) is 4.33. The summed E-state index contributed by atoms with van der Waals surface area (Å²) in [7, 11) is 0. The summed E-state index contributed by atoms with van der Waals surface area (Å²) in [4.78, 5) is 9.86. The van der Waals surface area contributed by atoms with Crippen molar-refractivity contribution in [3.05, 3.63) is 33.8 Å². The van der Waals surface area contributed by atoms with Crippen LogP contribution in [-0.4, -0.2) is 12.6 Å². The largest absolute Gasteiger partial charge is 0.464 e. The zero-order valence-corrected chi connectivity index (χ0v) is 11.4. The zero-order chi connectivity index (χ0) is 12.3. The molecule has 0 heterocycles. The average Bonchev–Trinajstić information content (AvgIpc) is 2.12. The van der Waals surface area contributed by atoms with E-state index in [9.17, 15) is 13.6 Å². The molecule has 88 valence electrons. The smallest absolute Gasteiger partial charge is 0.302 e. The van der Waals surface area contributed by atoms with Gasteiger partial charge in [0.05, 0.1) is 4.83 Å². The summed E-state index contributed by atoms with van der Waals surface area (Å²) in [6.07, 6.45) is 0. The summed E-state index contributed by atoms with van der Waals surface area (Å²) >= 11 is 6.05. The van der Waals surface area contributed by atoms with Crippen molar-refractivity contribution in [2.24, 2.45) is 0 Å². The van der Waals surface area contributed by atoms with E-state index in [0.717, 1.165) is 12.1 Å². The minimum atomic E-state index is -0.704. The number of benzene rings is 1. The second-order valence-corrected chi connectivity index (χ2v) is 5.07. The van der Waals surface area contributed by atoms with Gasteiger partial charge in [0.25, 0.3) is 0 Å². The Kier molecular flexibility index (Phi) is 4.86. The average molecular weight is 358 g/mol. The summed E-state index contributed by atoms with van der Waals surface area (Å²) in [5, 5.41) is 0. The number of hydrogen-bond donors (Lipinski definition) is 0. The Labute approximate surface area is 108 Å². The molecular formula is C10H8Br2F2O2.